The summed E-state index contributed by atoms with van der Waals surface area (Å²) in [6.45, 7) is 5.71. The zero-order chi connectivity index (χ0) is 15.0. The first-order valence-electron chi connectivity index (χ1n) is 7.90. The molecule has 0 radical (unpaired) electrons. The predicted octanol–water partition coefficient (Wildman–Crippen LogP) is 1.74. The van der Waals surface area contributed by atoms with Crippen LogP contribution in [0.3, 0.4) is 0 Å². The van der Waals surface area contributed by atoms with Crippen LogP contribution in [-0.4, -0.2) is 30.6 Å². The van der Waals surface area contributed by atoms with Crippen molar-refractivity contribution in [2.45, 2.75) is 51.1 Å². The van der Waals surface area contributed by atoms with Gasteiger partial charge in [-0.15, -0.1) is 0 Å². The van der Waals surface area contributed by atoms with E-state index in [0.717, 1.165) is 32.2 Å². The number of anilines is 1. The fourth-order valence-electron chi connectivity index (χ4n) is 3.22. The molecular formula is C17H25N3O. The van der Waals surface area contributed by atoms with E-state index in [-0.39, 0.29) is 5.91 Å². The molecule has 1 aliphatic carbocycles. The summed E-state index contributed by atoms with van der Waals surface area (Å²) in [7, 11) is 0. The van der Waals surface area contributed by atoms with E-state index in [0.29, 0.717) is 12.6 Å². The molecule has 21 heavy (non-hydrogen) atoms. The normalized spacial score (nSPS) is 20.8. The Morgan fingerprint density at radius 2 is 2.24 bits per heavy atom. The van der Waals surface area contributed by atoms with Crippen molar-refractivity contribution in [2.75, 3.05) is 18.0 Å². The van der Waals surface area contributed by atoms with Crippen LogP contribution in [-0.2, 0) is 11.2 Å². The summed E-state index contributed by atoms with van der Waals surface area (Å²) in [5.74, 6) is -0.256. The first kappa shape index (κ1) is 14.4. The number of rotatable bonds is 5. The number of amides is 1. The van der Waals surface area contributed by atoms with E-state index in [1.165, 1.54) is 16.8 Å². The van der Waals surface area contributed by atoms with E-state index in [1.54, 1.807) is 0 Å². The molecule has 114 valence electrons. The quantitative estimate of drug-likeness (QED) is 0.867. The van der Waals surface area contributed by atoms with Crippen molar-refractivity contribution in [3.63, 3.8) is 0 Å². The molecule has 4 nitrogen and oxygen atoms in total. The van der Waals surface area contributed by atoms with Gasteiger partial charge in [0.15, 0.2) is 0 Å². The van der Waals surface area contributed by atoms with Gasteiger partial charge in [-0.1, -0.05) is 17.7 Å². The van der Waals surface area contributed by atoms with Crippen LogP contribution in [0.1, 0.15) is 37.3 Å². The summed E-state index contributed by atoms with van der Waals surface area (Å²) >= 11 is 0. The standard InChI is InChI=1S/C17H25N3O/c1-12-5-8-15-13(10-12)4-3-9-20(15)11-17(2,16(18)21)19-14-6-7-14/h5,8,10,14,19H,3-4,6-7,9,11H2,1-2H3,(H2,18,21). The largest absolute Gasteiger partial charge is 0.369 e. The van der Waals surface area contributed by atoms with Gasteiger partial charge in [0.25, 0.3) is 0 Å². The average Bonchev–Trinajstić information content (AvgIpc) is 3.22. The maximum Gasteiger partial charge on any atom is 0.239 e. The third kappa shape index (κ3) is 3.05. The van der Waals surface area contributed by atoms with Gasteiger partial charge < -0.3 is 10.6 Å². The van der Waals surface area contributed by atoms with Crippen LogP contribution in [0, 0.1) is 6.92 Å². The van der Waals surface area contributed by atoms with Gasteiger partial charge in [0.1, 0.15) is 5.54 Å². The van der Waals surface area contributed by atoms with Gasteiger partial charge in [-0.05, 0) is 51.2 Å². The lowest BCUT2D eigenvalue weighted by molar-refractivity contribution is -0.123. The summed E-state index contributed by atoms with van der Waals surface area (Å²) in [5.41, 5.74) is 8.97. The third-order valence-corrected chi connectivity index (χ3v) is 4.60. The highest BCUT2D eigenvalue weighted by atomic mass is 16.1. The van der Waals surface area contributed by atoms with Crippen molar-refractivity contribution in [3.8, 4) is 0 Å². The average molecular weight is 287 g/mol. The summed E-state index contributed by atoms with van der Waals surface area (Å²) in [6.07, 6.45) is 4.56. The molecule has 1 amide bonds. The van der Waals surface area contributed by atoms with Gasteiger partial charge in [-0.2, -0.15) is 0 Å². The van der Waals surface area contributed by atoms with Crippen LogP contribution in [0.25, 0.3) is 0 Å². The van der Waals surface area contributed by atoms with Crippen LogP contribution < -0.4 is 16.0 Å². The lowest BCUT2D eigenvalue weighted by Crippen LogP contribution is -2.60. The fraction of sp³-hybridized carbons (Fsp3) is 0.588. The number of benzene rings is 1. The van der Waals surface area contributed by atoms with E-state index in [1.807, 2.05) is 6.92 Å². The Balaban J connectivity index is 1.82. The van der Waals surface area contributed by atoms with Crippen LogP contribution in [0.15, 0.2) is 18.2 Å². The fourth-order valence-corrected chi connectivity index (χ4v) is 3.22. The summed E-state index contributed by atoms with van der Waals surface area (Å²) in [4.78, 5) is 14.3. The highest BCUT2D eigenvalue weighted by Gasteiger charge is 2.39. The van der Waals surface area contributed by atoms with Crippen LogP contribution in [0.2, 0.25) is 0 Å². The second kappa shape index (κ2) is 5.34. The SMILES string of the molecule is Cc1ccc2c(c1)CCCN2CC(C)(NC1CC1)C(N)=O. The van der Waals surface area contributed by atoms with Gasteiger partial charge in [0.2, 0.25) is 5.91 Å². The minimum absolute atomic E-state index is 0.256. The monoisotopic (exact) mass is 287 g/mol. The van der Waals surface area contributed by atoms with Crippen LogP contribution >= 0.6 is 0 Å². The molecule has 0 spiro atoms. The molecule has 4 heteroatoms. The van der Waals surface area contributed by atoms with Crippen molar-refractivity contribution in [2.24, 2.45) is 5.73 Å². The van der Waals surface area contributed by atoms with Crippen molar-refractivity contribution in [3.05, 3.63) is 29.3 Å². The van der Waals surface area contributed by atoms with Gasteiger partial charge in [0.05, 0.1) is 0 Å². The van der Waals surface area contributed by atoms with Gasteiger partial charge in [-0.25, -0.2) is 0 Å². The smallest absolute Gasteiger partial charge is 0.239 e. The maximum atomic E-state index is 12.0. The predicted molar refractivity (Wildman–Crippen MR) is 85.5 cm³/mol. The first-order valence-corrected chi connectivity index (χ1v) is 7.90. The third-order valence-electron chi connectivity index (χ3n) is 4.60. The number of primary amides is 1. The molecule has 0 aromatic heterocycles. The zero-order valence-electron chi connectivity index (χ0n) is 13.0. The van der Waals surface area contributed by atoms with E-state index < -0.39 is 5.54 Å². The molecule has 3 rings (SSSR count). The first-order chi connectivity index (χ1) is 9.98. The molecule has 1 aromatic rings. The van der Waals surface area contributed by atoms with Crippen molar-refractivity contribution >= 4 is 11.6 Å². The van der Waals surface area contributed by atoms with Crippen molar-refractivity contribution in [1.82, 2.24) is 5.32 Å². The van der Waals surface area contributed by atoms with E-state index >= 15 is 0 Å². The Bertz CT molecular complexity index is 553. The van der Waals surface area contributed by atoms with E-state index in [9.17, 15) is 4.79 Å². The number of carbonyl (C=O) groups excluding carboxylic acids is 1. The van der Waals surface area contributed by atoms with Gasteiger partial charge in [0, 0.05) is 24.8 Å². The number of aryl methyl sites for hydroxylation is 2. The zero-order valence-corrected chi connectivity index (χ0v) is 13.0. The lowest BCUT2D eigenvalue weighted by Gasteiger charge is -2.38. The Morgan fingerprint density at radius 3 is 2.90 bits per heavy atom. The summed E-state index contributed by atoms with van der Waals surface area (Å²) < 4.78 is 0. The Hall–Kier alpha value is -1.55. The number of nitrogens with two attached hydrogens (primary N) is 1. The number of fused-ring (bicyclic) bond motifs is 1. The number of hydrogen-bond acceptors (Lipinski definition) is 3. The molecule has 1 unspecified atom stereocenters. The molecule has 2 aliphatic rings. The summed E-state index contributed by atoms with van der Waals surface area (Å²) in [5, 5.41) is 3.44. The lowest BCUT2D eigenvalue weighted by atomic mass is 9.95. The molecule has 1 saturated carbocycles. The van der Waals surface area contributed by atoms with E-state index in [2.05, 4.69) is 35.3 Å². The minimum atomic E-state index is -0.652. The Kier molecular flexibility index (Phi) is 3.66. The number of nitrogens with one attached hydrogen (secondary N) is 1. The maximum absolute atomic E-state index is 12.0. The second-order valence-corrected chi connectivity index (χ2v) is 6.77. The molecule has 3 N–H and O–H groups in total. The highest BCUT2D eigenvalue weighted by Crippen LogP contribution is 2.30. The molecule has 1 fully saturated rings. The number of hydrogen-bond donors (Lipinski definition) is 2. The van der Waals surface area contributed by atoms with Crippen LogP contribution in [0.4, 0.5) is 5.69 Å². The second-order valence-electron chi connectivity index (χ2n) is 6.77. The van der Waals surface area contributed by atoms with Gasteiger partial charge in [-0.3, -0.25) is 10.1 Å². The molecule has 0 bridgehead atoms. The summed E-state index contributed by atoms with van der Waals surface area (Å²) in [6, 6.07) is 7.05. The van der Waals surface area contributed by atoms with Crippen molar-refractivity contribution < 1.29 is 4.79 Å². The highest BCUT2D eigenvalue weighted by molar-refractivity contribution is 5.85. The van der Waals surface area contributed by atoms with Crippen molar-refractivity contribution in [1.29, 1.82) is 0 Å². The molecule has 1 atom stereocenters. The molecular weight excluding hydrogens is 262 g/mol. The number of nitrogens with zero attached hydrogens (tertiary/aromatic N) is 1. The Morgan fingerprint density at radius 1 is 1.48 bits per heavy atom. The van der Waals surface area contributed by atoms with Gasteiger partial charge >= 0.3 is 0 Å². The topological polar surface area (TPSA) is 58.4 Å². The molecule has 0 saturated heterocycles. The Labute approximate surface area is 126 Å². The molecule has 1 aliphatic heterocycles. The molecule has 1 aromatic carbocycles. The number of carbonyl (C=O) groups is 1. The minimum Gasteiger partial charge on any atom is -0.369 e. The van der Waals surface area contributed by atoms with Crippen LogP contribution in [0.5, 0.6) is 0 Å². The van der Waals surface area contributed by atoms with E-state index in [4.69, 9.17) is 5.73 Å². The molecule has 1 heterocycles.